The summed E-state index contributed by atoms with van der Waals surface area (Å²) in [6, 6.07) is 0. The standard InChI is InChI=1S/C20H26O4/c1-10(24-20(22)17-9-13-2-3-16(17)18(13)21)23-19-14-5-11-4-12(7-14)8-15(19)6-11/h2-3,10-17,19H,4-9H2,1H3. The van der Waals surface area contributed by atoms with Crippen molar-refractivity contribution < 1.29 is 19.1 Å². The van der Waals surface area contributed by atoms with Crippen LogP contribution in [0.25, 0.3) is 0 Å². The van der Waals surface area contributed by atoms with Crippen LogP contribution in [-0.4, -0.2) is 24.1 Å². The zero-order chi connectivity index (χ0) is 16.4. The van der Waals surface area contributed by atoms with Crippen LogP contribution in [-0.2, 0) is 19.1 Å². The summed E-state index contributed by atoms with van der Waals surface area (Å²) in [5, 5.41) is 0. The molecule has 5 fully saturated rings. The third-order valence-corrected chi connectivity index (χ3v) is 7.26. The highest BCUT2D eigenvalue weighted by Gasteiger charge is 2.50. The maximum Gasteiger partial charge on any atom is 0.312 e. The molecule has 6 aliphatic rings. The molecule has 0 radical (unpaired) electrons. The monoisotopic (exact) mass is 330 g/mol. The van der Waals surface area contributed by atoms with Gasteiger partial charge in [-0.2, -0.15) is 0 Å². The summed E-state index contributed by atoms with van der Waals surface area (Å²) in [6.45, 7) is 1.84. The van der Waals surface area contributed by atoms with Gasteiger partial charge in [-0.05, 0) is 69.1 Å². The van der Waals surface area contributed by atoms with E-state index < -0.39 is 6.29 Å². The van der Waals surface area contributed by atoms with Gasteiger partial charge in [0.1, 0.15) is 5.78 Å². The fraction of sp³-hybridized carbons (Fsp3) is 0.800. The minimum Gasteiger partial charge on any atom is -0.436 e. The van der Waals surface area contributed by atoms with E-state index in [9.17, 15) is 9.59 Å². The molecule has 0 aromatic heterocycles. The predicted molar refractivity (Wildman–Crippen MR) is 86.7 cm³/mol. The molecule has 0 aliphatic heterocycles. The number of carbonyl (C=O) groups is 2. The molecule has 130 valence electrons. The molecule has 6 bridgehead atoms. The van der Waals surface area contributed by atoms with Crippen molar-refractivity contribution in [3.05, 3.63) is 12.2 Å². The highest BCUT2D eigenvalue weighted by Crippen LogP contribution is 2.55. The lowest BCUT2D eigenvalue weighted by atomic mass is 9.55. The molecule has 4 heteroatoms. The molecule has 5 saturated carbocycles. The average molecular weight is 330 g/mol. The largest absolute Gasteiger partial charge is 0.436 e. The third kappa shape index (κ3) is 2.29. The Bertz CT molecular complexity index is 566. The number of hydrogen-bond acceptors (Lipinski definition) is 4. The minimum absolute atomic E-state index is 0.0619. The molecule has 0 aromatic carbocycles. The quantitative estimate of drug-likeness (QED) is 0.451. The third-order valence-electron chi connectivity index (χ3n) is 7.26. The molecule has 0 amide bonds. The number of hydrogen-bond donors (Lipinski definition) is 0. The van der Waals surface area contributed by atoms with E-state index >= 15 is 0 Å². The molecular formula is C20H26O4. The lowest BCUT2D eigenvalue weighted by Crippen LogP contribution is -2.50. The number of rotatable bonds is 4. The molecule has 6 aliphatic carbocycles. The van der Waals surface area contributed by atoms with Gasteiger partial charge in [-0.3, -0.25) is 9.59 Å². The summed E-state index contributed by atoms with van der Waals surface area (Å²) in [5.41, 5.74) is 0. The van der Waals surface area contributed by atoms with E-state index in [1.807, 2.05) is 19.1 Å². The first kappa shape index (κ1) is 15.1. The smallest absolute Gasteiger partial charge is 0.312 e. The normalized spacial score (nSPS) is 49.0. The molecule has 4 atom stereocenters. The first-order valence-corrected chi connectivity index (χ1v) is 9.66. The van der Waals surface area contributed by atoms with Gasteiger partial charge in [-0.15, -0.1) is 0 Å². The van der Waals surface area contributed by atoms with Crippen LogP contribution in [0.2, 0.25) is 0 Å². The molecule has 0 spiro atoms. The summed E-state index contributed by atoms with van der Waals surface area (Å²) in [6.07, 6.45) is 10.8. The first-order chi connectivity index (χ1) is 11.6. The molecule has 4 unspecified atom stereocenters. The Balaban J connectivity index is 1.19. The summed E-state index contributed by atoms with van der Waals surface area (Å²) < 4.78 is 11.8. The van der Waals surface area contributed by atoms with Gasteiger partial charge < -0.3 is 9.47 Å². The number of Topliss-reactive ketones (excluding diaryl/α,β-unsaturated/α-hetero) is 1. The van der Waals surface area contributed by atoms with Crippen molar-refractivity contribution in [2.45, 2.75) is 57.8 Å². The maximum absolute atomic E-state index is 12.5. The number of carbonyl (C=O) groups excluding carboxylic acids is 2. The Morgan fingerprint density at radius 3 is 2.25 bits per heavy atom. The summed E-state index contributed by atoms with van der Waals surface area (Å²) in [7, 11) is 0. The van der Waals surface area contributed by atoms with E-state index in [0.717, 1.165) is 11.8 Å². The van der Waals surface area contributed by atoms with Crippen LogP contribution in [0.1, 0.15) is 45.4 Å². The topological polar surface area (TPSA) is 52.6 Å². The summed E-state index contributed by atoms with van der Waals surface area (Å²) in [5.74, 6) is 2.47. The molecule has 0 heterocycles. The summed E-state index contributed by atoms with van der Waals surface area (Å²) in [4.78, 5) is 24.4. The van der Waals surface area contributed by atoms with Crippen molar-refractivity contribution in [2.75, 3.05) is 0 Å². The average Bonchev–Trinajstić information content (AvgIpc) is 3.05. The van der Waals surface area contributed by atoms with Gasteiger partial charge in [-0.25, -0.2) is 0 Å². The molecule has 6 rings (SSSR count). The Hall–Kier alpha value is -1.16. The van der Waals surface area contributed by atoms with Crippen molar-refractivity contribution >= 4 is 11.8 Å². The van der Waals surface area contributed by atoms with Crippen molar-refractivity contribution in [3.8, 4) is 0 Å². The molecule has 0 saturated heterocycles. The van der Waals surface area contributed by atoms with Crippen molar-refractivity contribution in [1.29, 1.82) is 0 Å². The van der Waals surface area contributed by atoms with E-state index in [1.54, 1.807) is 0 Å². The van der Waals surface area contributed by atoms with E-state index in [2.05, 4.69) is 0 Å². The second kappa shape index (κ2) is 5.42. The fourth-order valence-corrected chi connectivity index (χ4v) is 6.48. The van der Waals surface area contributed by atoms with Gasteiger partial charge in [0.2, 0.25) is 0 Å². The fourth-order valence-electron chi connectivity index (χ4n) is 6.48. The SMILES string of the molecule is CC(OC(=O)C1CC2C=CC1C2=O)OC1C2CC3CC(C2)CC1C3. The molecular weight excluding hydrogens is 304 g/mol. The number of esters is 1. The van der Waals surface area contributed by atoms with Crippen LogP contribution >= 0.6 is 0 Å². The van der Waals surface area contributed by atoms with Crippen molar-refractivity contribution in [2.24, 2.45) is 41.4 Å². The molecule has 24 heavy (non-hydrogen) atoms. The van der Waals surface area contributed by atoms with Gasteiger partial charge in [0.25, 0.3) is 0 Å². The number of ether oxygens (including phenoxy) is 2. The van der Waals surface area contributed by atoms with Crippen molar-refractivity contribution in [3.63, 3.8) is 0 Å². The van der Waals surface area contributed by atoms with Gasteiger partial charge in [0.05, 0.1) is 12.0 Å². The van der Waals surface area contributed by atoms with Crippen LogP contribution < -0.4 is 0 Å². The Kier molecular flexibility index (Phi) is 3.41. The van der Waals surface area contributed by atoms with E-state index in [4.69, 9.17) is 9.47 Å². The first-order valence-electron chi connectivity index (χ1n) is 9.66. The highest BCUT2D eigenvalue weighted by atomic mass is 16.7. The van der Waals surface area contributed by atoms with Gasteiger partial charge in [0, 0.05) is 11.8 Å². The van der Waals surface area contributed by atoms with Gasteiger partial charge in [0.15, 0.2) is 6.29 Å². The second-order valence-electron chi connectivity index (χ2n) is 8.80. The predicted octanol–water partition coefficient (Wildman–Crippen LogP) is 3.11. The second-order valence-corrected chi connectivity index (χ2v) is 8.80. The molecule has 0 aromatic rings. The lowest BCUT2D eigenvalue weighted by Gasteiger charge is -2.54. The zero-order valence-electron chi connectivity index (χ0n) is 14.2. The number of allylic oxidation sites excluding steroid dienone is 2. The van der Waals surface area contributed by atoms with E-state index in [1.165, 1.54) is 32.1 Å². The van der Waals surface area contributed by atoms with Crippen molar-refractivity contribution in [1.82, 2.24) is 0 Å². The van der Waals surface area contributed by atoms with Crippen LogP contribution in [0.15, 0.2) is 12.2 Å². The number of ketones is 1. The molecule has 4 nitrogen and oxygen atoms in total. The van der Waals surface area contributed by atoms with Gasteiger partial charge >= 0.3 is 5.97 Å². The minimum atomic E-state index is -0.502. The lowest BCUT2D eigenvalue weighted by molar-refractivity contribution is -0.222. The van der Waals surface area contributed by atoms with Crippen LogP contribution in [0.3, 0.4) is 0 Å². The van der Waals surface area contributed by atoms with Crippen LogP contribution in [0.5, 0.6) is 0 Å². The van der Waals surface area contributed by atoms with Gasteiger partial charge in [-0.1, -0.05) is 12.2 Å². The van der Waals surface area contributed by atoms with E-state index in [0.29, 0.717) is 18.3 Å². The van der Waals surface area contributed by atoms with E-state index in [-0.39, 0.29) is 35.6 Å². The highest BCUT2D eigenvalue weighted by molar-refractivity contribution is 5.96. The molecule has 0 N–H and O–H groups in total. The Morgan fingerprint density at radius 1 is 1.04 bits per heavy atom. The maximum atomic E-state index is 12.5. The Labute approximate surface area is 143 Å². The Morgan fingerprint density at radius 2 is 1.71 bits per heavy atom. The number of fused-ring (bicyclic) bond motifs is 2. The van der Waals surface area contributed by atoms with Crippen LogP contribution in [0.4, 0.5) is 0 Å². The van der Waals surface area contributed by atoms with Crippen LogP contribution in [0, 0.1) is 41.4 Å². The zero-order valence-corrected chi connectivity index (χ0v) is 14.2. The summed E-state index contributed by atoms with van der Waals surface area (Å²) >= 11 is 0.